The Hall–Kier alpha value is -3.58. The standard InChI is InChI=1S/C22H23N5O2/c1-15-10-11-24-21(12-15)26-20-5-3-4-18(25-20)19-14-27(22(23)29-19)13-16-6-8-17(28-2)9-7-16/h3-12,14,22H,13,23H2,1-2H3,(H,24,25,26). The maximum Gasteiger partial charge on any atom is 0.227 e. The zero-order valence-corrected chi connectivity index (χ0v) is 16.4. The summed E-state index contributed by atoms with van der Waals surface area (Å²) < 4.78 is 11.0. The van der Waals surface area contributed by atoms with Crippen LogP contribution in [0.1, 0.15) is 16.8 Å². The minimum absolute atomic E-state index is 0.566. The number of anilines is 2. The van der Waals surface area contributed by atoms with Crippen molar-refractivity contribution in [1.82, 2.24) is 14.9 Å². The van der Waals surface area contributed by atoms with Crippen LogP contribution in [0.3, 0.4) is 0 Å². The third-order valence-corrected chi connectivity index (χ3v) is 4.55. The van der Waals surface area contributed by atoms with Gasteiger partial charge in [-0.2, -0.15) is 0 Å². The molecule has 3 heterocycles. The SMILES string of the molecule is COc1ccc(CN2C=C(c3cccc(Nc4cc(C)ccn4)n3)OC2N)cc1. The molecular weight excluding hydrogens is 366 g/mol. The van der Waals surface area contributed by atoms with Crippen molar-refractivity contribution in [2.45, 2.75) is 19.8 Å². The predicted octanol–water partition coefficient (Wildman–Crippen LogP) is 3.61. The highest BCUT2D eigenvalue weighted by Crippen LogP contribution is 2.26. The van der Waals surface area contributed by atoms with Crippen LogP contribution >= 0.6 is 0 Å². The third-order valence-electron chi connectivity index (χ3n) is 4.55. The third kappa shape index (κ3) is 4.47. The highest BCUT2D eigenvalue weighted by molar-refractivity contribution is 5.61. The van der Waals surface area contributed by atoms with Crippen molar-refractivity contribution in [1.29, 1.82) is 0 Å². The Morgan fingerprint density at radius 1 is 1.14 bits per heavy atom. The van der Waals surface area contributed by atoms with Gasteiger partial charge in [0.05, 0.1) is 7.11 Å². The predicted molar refractivity (Wildman–Crippen MR) is 112 cm³/mol. The molecule has 0 saturated heterocycles. The highest BCUT2D eigenvalue weighted by atomic mass is 16.5. The Bertz CT molecular complexity index is 1020. The van der Waals surface area contributed by atoms with Crippen LogP contribution in [0.5, 0.6) is 5.75 Å². The molecule has 0 bridgehead atoms. The van der Waals surface area contributed by atoms with Gasteiger partial charge in [0.15, 0.2) is 5.76 Å². The minimum Gasteiger partial charge on any atom is -0.497 e. The summed E-state index contributed by atoms with van der Waals surface area (Å²) in [5, 5.41) is 3.22. The zero-order chi connectivity index (χ0) is 20.2. The molecule has 1 aliphatic rings. The number of ether oxygens (including phenoxy) is 2. The molecule has 0 saturated carbocycles. The van der Waals surface area contributed by atoms with E-state index in [4.69, 9.17) is 15.2 Å². The van der Waals surface area contributed by atoms with Gasteiger partial charge in [-0.05, 0) is 54.4 Å². The fourth-order valence-electron chi connectivity index (χ4n) is 3.03. The Labute approximate surface area is 169 Å². The average molecular weight is 389 g/mol. The van der Waals surface area contributed by atoms with Crippen LogP contribution in [0.25, 0.3) is 5.76 Å². The van der Waals surface area contributed by atoms with Crippen molar-refractivity contribution in [3.05, 3.63) is 83.8 Å². The quantitative estimate of drug-likeness (QED) is 0.666. The van der Waals surface area contributed by atoms with E-state index < -0.39 is 6.35 Å². The van der Waals surface area contributed by atoms with Crippen LogP contribution in [0.2, 0.25) is 0 Å². The number of nitrogens with zero attached hydrogens (tertiary/aromatic N) is 3. The van der Waals surface area contributed by atoms with Crippen molar-refractivity contribution in [2.75, 3.05) is 12.4 Å². The first kappa shape index (κ1) is 18.8. The van der Waals surface area contributed by atoms with Gasteiger partial charge in [-0.1, -0.05) is 18.2 Å². The molecule has 7 nitrogen and oxygen atoms in total. The number of nitrogens with two attached hydrogens (primary N) is 1. The highest BCUT2D eigenvalue weighted by Gasteiger charge is 2.24. The van der Waals surface area contributed by atoms with Crippen LogP contribution in [0, 0.1) is 6.92 Å². The lowest BCUT2D eigenvalue weighted by Crippen LogP contribution is -2.35. The van der Waals surface area contributed by atoms with Crippen LogP contribution in [-0.2, 0) is 11.3 Å². The van der Waals surface area contributed by atoms with Gasteiger partial charge >= 0.3 is 0 Å². The number of hydrogen-bond acceptors (Lipinski definition) is 7. The molecule has 7 heteroatoms. The van der Waals surface area contributed by atoms with E-state index in [1.165, 1.54) is 0 Å². The summed E-state index contributed by atoms with van der Waals surface area (Å²) in [5.41, 5.74) is 9.10. The molecule has 3 aromatic rings. The monoisotopic (exact) mass is 389 g/mol. The first-order chi connectivity index (χ1) is 14.1. The van der Waals surface area contributed by atoms with Crippen molar-refractivity contribution in [2.24, 2.45) is 5.73 Å². The second-order valence-corrected chi connectivity index (χ2v) is 6.77. The molecule has 4 rings (SSSR count). The van der Waals surface area contributed by atoms with Crippen LogP contribution in [-0.4, -0.2) is 28.3 Å². The van der Waals surface area contributed by atoms with Gasteiger partial charge in [-0.3, -0.25) is 5.73 Å². The summed E-state index contributed by atoms with van der Waals surface area (Å²) in [6.45, 7) is 2.65. The summed E-state index contributed by atoms with van der Waals surface area (Å²) in [7, 11) is 1.65. The second kappa shape index (κ2) is 8.20. The molecule has 0 fully saturated rings. The molecule has 0 aliphatic carbocycles. The Balaban J connectivity index is 1.49. The van der Waals surface area contributed by atoms with E-state index in [1.54, 1.807) is 13.3 Å². The van der Waals surface area contributed by atoms with Gasteiger partial charge in [0.1, 0.15) is 23.1 Å². The Morgan fingerprint density at radius 2 is 1.97 bits per heavy atom. The van der Waals surface area contributed by atoms with Gasteiger partial charge in [0.2, 0.25) is 6.35 Å². The first-order valence-electron chi connectivity index (χ1n) is 9.30. The van der Waals surface area contributed by atoms with Gasteiger partial charge in [0.25, 0.3) is 0 Å². The molecule has 1 aromatic carbocycles. The lowest BCUT2D eigenvalue weighted by Gasteiger charge is -2.20. The fourth-order valence-corrected chi connectivity index (χ4v) is 3.03. The molecule has 1 unspecified atom stereocenters. The van der Waals surface area contributed by atoms with E-state index in [2.05, 4.69) is 15.3 Å². The van der Waals surface area contributed by atoms with Crippen LogP contribution < -0.4 is 15.8 Å². The van der Waals surface area contributed by atoms with Crippen molar-refractivity contribution >= 4 is 17.4 Å². The summed E-state index contributed by atoms with van der Waals surface area (Å²) in [6.07, 6.45) is 3.09. The van der Waals surface area contributed by atoms with E-state index in [0.717, 1.165) is 22.7 Å². The number of nitrogens with one attached hydrogen (secondary N) is 1. The molecule has 2 aromatic heterocycles. The molecule has 0 amide bonds. The second-order valence-electron chi connectivity index (χ2n) is 6.77. The molecule has 1 atom stereocenters. The molecule has 3 N–H and O–H groups in total. The molecule has 0 spiro atoms. The van der Waals surface area contributed by atoms with E-state index in [9.17, 15) is 0 Å². The topological polar surface area (TPSA) is 85.5 Å². The number of rotatable bonds is 6. The number of methoxy groups -OCH3 is 1. The minimum atomic E-state index is -0.566. The van der Waals surface area contributed by atoms with Crippen molar-refractivity contribution in [3.63, 3.8) is 0 Å². The molecular formula is C22H23N5O2. The van der Waals surface area contributed by atoms with Gasteiger partial charge in [-0.25, -0.2) is 9.97 Å². The van der Waals surface area contributed by atoms with Crippen LogP contribution in [0.15, 0.2) is 67.0 Å². The van der Waals surface area contributed by atoms with Gasteiger partial charge in [-0.15, -0.1) is 0 Å². The summed E-state index contributed by atoms with van der Waals surface area (Å²) in [4.78, 5) is 10.9. The number of aryl methyl sites for hydroxylation is 1. The molecule has 0 radical (unpaired) electrons. The van der Waals surface area contributed by atoms with Gasteiger partial charge < -0.3 is 19.7 Å². The van der Waals surface area contributed by atoms with E-state index in [-0.39, 0.29) is 0 Å². The lowest BCUT2D eigenvalue weighted by atomic mass is 10.2. The molecule has 1 aliphatic heterocycles. The zero-order valence-electron chi connectivity index (χ0n) is 16.4. The lowest BCUT2D eigenvalue weighted by molar-refractivity contribution is 0.0697. The number of benzene rings is 1. The van der Waals surface area contributed by atoms with E-state index >= 15 is 0 Å². The number of hydrogen-bond donors (Lipinski definition) is 2. The summed E-state index contributed by atoms with van der Waals surface area (Å²) in [6, 6.07) is 17.5. The first-order valence-corrected chi connectivity index (χ1v) is 9.30. The average Bonchev–Trinajstić information content (AvgIpc) is 3.09. The van der Waals surface area contributed by atoms with Crippen molar-refractivity contribution in [3.8, 4) is 5.75 Å². The normalized spacial score (nSPS) is 15.6. The Kier molecular flexibility index (Phi) is 5.31. The van der Waals surface area contributed by atoms with E-state index in [1.807, 2.05) is 72.6 Å². The summed E-state index contributed by atoms with van der Waals surface area (Å²) >= 11 is 0. The largest absolute Gasteiger partial charge is 0.497 e. The van der Waals surface area contributed by atoms with Gasteiger partial charge in [0, 0.05) is 18.9 Å². The van der Waals surface area contributed by atoms with Crippen molar-refractivity contribution < 1.29 is 9.47 Å². The smallest absolute Gasteiger partial charge is 0.227 e. The Morgan fingerprint density at radius 3 is 2.72 bits per heavy atom. The number of aromatic nitrogens is 2. The van der Waals surface area contributed by atoms with Crippen LogP contribution in [0.4, 0.5) is 11.6 Å². The maximum absolute atomic E-state index is 6.16. The number of pyridine rings is 2. The van der Waals surface area contributed by atoms with E-state index in [0.29, 0.717) is 23.8 Å². The fraction of sp³-hybridized carbons (Fsp3) is 0.182. The molecule has 29 heavy (non-hydrogen) atoms. The molecule has 148 valence electrons. The summed E-state index contributed by atoms with van der Waals surface area (Å²) in [5.74, 6) is 2.89. The maximum atomic E-state index is 6.16.